The molecule has 4 nitrogen and oxygen atoms in total. The van der Waals surface area contributed by atoms with Crippen LogP contribution in [-0.4, -0.2) is 31.6 Å². The first-order valence-corrected chi connectivity index (χ1v) is 7.31. The van der Waals surface area contributed by atoms with Gasteiger partial charge in [0, 0.05) is 7.05 Å². The maximum atomic E-state index is 12.3. The quantitative estimate of drug-likeness (QED) is 0.854. The van der Waals surface area contributed by atoms with Gasteiger partial charge in [0.05, 0.1) is 5.69 Å². The lowest BCUT2D eigenvalue weighted by Crippen LogP contribution is -2.50. The van der Waals surface area contributed by atoms with E-state index in [1.165, 1.54) is 5.56 Å². The fraction of sp³-hybridized carbons (Fsp3) is 0.562. The van der Waals surface area contributed by atoms with Crippen LogP contribution in [0.3, 0.4) is 0 Å². The van der Waals surface area contributed by atoms with Gasteiger partial charge >= 0.3 is 0 Å². The molecule has 1 saturated heterocycles. The van der Waals surface area contributed by atoms with Crippen molar-refractivity contribution in [3.8, 4) is 5.75 Å². The predicted octanol–water partition coefficient (Wildman–Crippen LogP) is 2.29. The second-order valence-corrected chi connectivity index (χ2v) is 6.23. The molecule has 1 fully saturated rings. The molecule has 0 bridgehead atoms. The molecule has 108 valence electrons. The lowest BCUT2D eigenvalue weighted by atomic mass is 9.89. The second kappa shape index (κ2) is 4.77. The number of hydrogen-bond acceptors (Lipinski definition) is 3. The number of piperidine rings is 1. The Morgan fingerprint density at radius 2 is 2.00 bits per heavy atom. The normalized spacial score (nSPS) is 22.4. The average Bonchev–Trinajstić information content (AvgIpc) is 2.45. The number of nitrogens with zero attached hydrogens (tertiary/aromatic N) is 1. The Labute approximate surface area is 120 Å². The van der Waals surface area contributed by atoms with Gasteiger partial charge in [-0.05, 0) is 63.4 Å². The molecule has 2 aliphatic rings. The number of anilines is 1. The minimum atomic E-state index is -0.780. The SMILES string of the molecule is CN1C(=O)C(C)(C)Oc2ccc(C3CCNCC3)cc21. The van der Waals surface area contributed by atoms with E-state index in [2.05, 4.69) is 17.4 Å². The highest BCUT2D eigenvalue weighted by atomic mass is 16.5. The molecule has 1 aromatic rings. The van der Waals surface area contributed by atoms with Crippen LogP contribution < -0.4 is 15.0 Å². The fourth-order valence-corrected chi connectivity index (χ4v) is 3.12. The molecule has 20 heavy (non-hydrogen) atoms. The van der Waals surface area contributed by atoms with E-state index in [9.17, 15) is 4.79 Å². The third-order valence-corrected chi connectivity index (χ3v) is 4.34. The zero-order valence-electron chi connectivity index (χ0n) is 12.4. The standard InChI is InChI=1S/C16H22N2O2/c1-16(2)15(19)18(3)13-10-12(4-5-14(13)20-16)11-6-8-17-9-7-11/h4-5,10-11,17H,6-9H2,1-3H3. The number of amides is 1. The van der Waals surface area contributed by atoms with Crippen molar-refractivity contribution in [2.75, 3.05) is 25.0 Å². The smallest absolute Gasteiger partial charge is 0.270 e. The van der Waals surface area contributed by atoms with Crippen LogP contribution in [0.5, 0.6) is 5.75 Å². The van der Waals surface area contributed by atoms with E-state index in [0.29, 0.717) is 5.92 Å². The summed E-state index contributed by atoms with van der Waals surface area (Å²) in [5.74, 6) is 1.39. The van der Waals surface area contributed by atoms with Crippen molar-refractivity contribution in [2.45, 2.75) is 38.2 Å². The molecule has 0 atom stereocenters. The van der Waals surface area contributed by atoms with Crippen LogP contribution in [0.25, 0.3) is 0 Å². The largest absolute Gasteiger partial charge is 0.476 e. The maximum absolute atomic E-state index is 12.3. The van der Waals surface area contributed by atoms with E-state index >= 15 is 0 Å². The summed E-state index contributed by atoms with van der Waals surface area (Å²) >= 11 is 0. The van der Waals surface area contributed by atoms with E-state index in [4.69, 9.17) is 4.74 Å². The molecule has 4 heteroatoms. The van der Waals surface area contributed by atoms with Crippen molar-refractivity contribution in [2.24, 2.45) is 0 Å². The van der Waals surface area contributed by atoms with Gasteiger partial charge in [-0.1, -0.05) is 6.07 Å². The highest BCUT2D eigenvalue weighted by Gasteiger charge is 2.39. The third kappa shape index (κ3) is 2.18. The van der Waals surface area contributed by atoms with Gasteiger partial charge in [0.2, 0.25) is 0 Å². The van der Waals surface area contributed by atoms with Gasteiger partial charge in [-0.25, -0.2) is 0 Å². The number of hydrogen-bond donors (Lipinski definition) is 1. The molecule has 3 rings (SSSR count). The summed E-state index contributed by atoms with van der Waals surface area (Å²) in [7, 11) is 1.83. The van der Waals surface area contributed by atoms with Gasteiger partial charge in [0.1, 0.15) is 5.75 Å². The van der Waals surface area contributed by atoms with Crippen molar-refractivity contribution in [1.82, 2.24) is 5.32 Å². The molecular weight excluding hydrogens is 252 g/mol. The number of rotatable bonds is 1. The predicted molar refractivity (Wildman–Crippen MR) is 79.4 cm³/mol. The second-order valence-electron chi connectivity index (χ2n) is 6.23. The van der Waals surface area contributed by atoms with Crippen LogP contribution in [0.1, 0.15) is 38.2 Å². The van der Waals surface area contributed by atoms with Gasteiger partial charge in [0.25, 0.3) is 5.91 Å². The average molecular weight is 274 g/mol. The summed E-state index contributed by atoms with van der Waals surface area (Å²) in [6.07, 6.45) is 2.31. The summed E-state index contributed by atoms with van der Waals surface area (Å²) in [5, 5.41) is 3.38. The Balaban J connectivity index is 1.95. The highest BCUT2D eigenvalue weighted by Crippen LogP contribution is 2.39. The van der Waals surface area contributed by atoms with Crippen molar-refractivity contribution < 1.29 is 9.53 Å². The van der Waals surface area contributed by atoms with Crippen molar-refractivity contribution in [3.05, 3.63) is 23.8 Å². The number of fused-ring (bicyclic) bond motifs is 1. The zero-order chi connectivity index (χ0) is 14.3. The van der Waals surface area contributed by atoms with Crippen LogP contribution in [-0.2, 0) is 4.79 Å². The lowest BCUT2D eigenvalue weighted by molar-refractivity contribution is -0.132. The fourth-order valence-electron chi connectivity index (χ4n) is 3.12. The number of ether oxygens (including phenoxy) is 1. The highest BCUT2D eigenvalue weighted by molar-refractivity contribution is 6.01. The molecule has 0 saturated carbocycles. The summed E-state index contributed by atoms with van der Waals surface area (Å²) in [6, 6.07) is 6.28. The Hall–Kier alpha value is -1.55. The van der Waals surface area contributed by atoms with Gasteiger partial charge < -0.3 is 15.0 Å². The first-order chi connectivity index (χ1) is 9.49. The van der Waals surface area contributed by atoms with E-state index in [1.807, 2.05) is 27.0 Å². The molecule has 0 aliphatic carbocycles. The Morgan fingerprint density at radius 3 is 2.70 bits per heavy atom. The molecule has 0 unspecified atom stereocenters. The van der Waals surface area contributed by atoms with Crippen molar-refractivity contribution in [3.63, 3.8) is 0 Å². The molecule has 0 aromatic heterocycles. The Bertz CT molecular complexity index is 533. The van der Waals surface area contributed by atoms with Crippen LogP contribution >= 0.6 is 0 Å². The molecule has 0 radical (unpaired) electrons. The summed E-state index contributed by atoms with van der Waals surface area (Å²) in [5.41, 5.74) is 1.43. The van der Waals surface area contributed by atoms with E-state index in [1.54, 1.807) is 4.90 Å². The van der Waals surface area contributed by atoms with Gasteiger partial charge in [0.15, 0.2) is 5.60 Å². The number of nitrogens with one attached hydrogen (secondary N) is 1. The zero-order valence-corrected chi connectivity index (χ0v) is 12.4. The molecule has 1 amide bonds. The van der Waals surface area contributed by atoms with Crippen LogP contribution in [0.15, 0.2) is 18.2 Å². The first kappa shape index (κ1) is 13.4. The number of carbonyl (C=O) groups excluding carboxylic acids is 1. The molecule has 2 aliphatic heterocycles. The Kier molecular flexibility index (Phi) is 3.21. The number of carbonyl (C=O) groups is 1. The number of likely N-dealkylation sites (N-methyl/N-ethyl adjacent to an activating group) is 1. The maximum Gasteiger partial charge on any atom is 0.270 e. The van der Waals surface area contributed by atoms with E-state index in [-0.39, 0.29) is 5.91 Å². The molecule has 1 aromatic carbocycles. The molecule has 0 spiro atoms. The third-order valence-electron chi connectivity index (χ3n) is 4.34. The molecular formula is C16H22N2O2. The van der Waals surface area contributed by atoms with Gasteiger partial charge in [-0.2, -0.15) is 0 Å². The van der Waals surface area contributed by atoms with Crippen LogP contribution in [0.2, 0.25) is 0 Å². The first-order valence-electron chi connectivity index (χ1n) is 7.31. The van der Waals surface area contributed by atoms with Crippen molar-refractivity contribution in [1.29, 1.82) is 0 Å². The monoisotopic (exact) mass is 274 g/mol. The minimum Gasteiger partial charge on any atom is -0.476 e. The topological polar surface area (TPSA) is 41.6 Å². The van der Waals surface area contributed by atoms with Gasteiger partial charge in [-0.15, -0.1) is 0 Å². The molecule has 1 N–H and O–H groups in total. The van der Waals surface area contributed by atoms with E-state index < -0.39 is 5.60 Å². The van der Waals surface area contributed by atoms with Crippen molar-refractivity contribution >= 4 is 11.6 Å². The van der Waals surface area contributed by atoms with Gasteiger partial charge in [-0.3, -0.25) is 4.79 Å². The van der Waals surface area contributed by atoms with E-state index in [0.717, 1.165) is 37.4 Å². The Morgan fingerprint density at radius 1 is 1.30 bits per heavy atom. The summed E-state index contributed by atoms with van der Waals surface area (Å²) in [4.78, 5) is 14.0. The summed E-state index contributed by atoms with van der Waals surface area (Å²) in [6.45, 7) is 5.77. The lowest BCUT2D eigenvalue weighted by Gasteiger charge is -2.37. The van der Waals surface area contributed by atoms with Crippen LogP contribution in [0.4, 0.5) is 5.69 Å². The van der Waals surface area contributed by atoms with Crippen LogP contribution in [0, 0.1) is 0 Å². The minimum absolute atomic E-state index is 0.00691. The molecule has 2 heterocycles. The number of benzene rings is 1. The summed E-state index contributed by atoms with van der Waals surface area (Å²) < 4.78 is 5.84.